The maximum absolute atomic E-state index is 4.95. The van der Waals surface area contributed by atoms with Crippen LogP contribution in [0.2, 0.25) is 0 Å². The molecule has 1 aromatic rings. The lowest BCUT2D eigenvalue weighted by Crippen LogP contribution is -2.46. The summed E-state index contributed by atoms with van der Waals surface area (Å²) in [6.07, 6.45) is 7.41. The van der Waals surface area contributed by atoms with Crippen molar-refractivity contribution < 1.29 is 0 Å². The molecule has 4 aliphatic carbocycles. The highest BCUT2D eigenvalue weighted by Crippen LogP contribution is 2.58. The van der Waals surface area contributed by atoms with Crippen LogP contribution in [0.3, 0.4) is 0 Å². The molecule has 0 aliphatic heterocycles. The summed E-state index contributed by atoms with van der Waals surface area (Å²) in [6, 6.07) is 0.701. The monoisotopic (exact) mass is 273 g/mol. The number of hydrogen-bond acceptors (Lipinski definition) is 2. The van der Waals surface area contributed by atoms with Crippen LogP contribution in [0.25, 0.3) is 0 Å². The normalized spacial score (nSPS) is 38.6. The van der Waals surface area contributed by atoms with Crippen LogP contribution in [0.4, 0.5) is 0 Å². The Hall–Kier alpha value is -0.830. The zero-order valence-electron chi connectivity index (χ0n) is 13.0. The summed E-state index contributed by atoms with van der Waals surface area (Å²) in [5.41, 5.74) is 4.06. The van der Waals surface area contributed by atoms with Gasteiger partial charge in [-0.15, -0.1) is 0 Å². The quantitative estimate of drug-likeness (QED) is 0.916. The maximum Gasteiger partial charge on any atom is 0.0641 e. The molecule has 1 N–H and O–H groups in total. The molecule has 20 heavy (non-hydrogen) atoms. The first kappa shape index (κ1) is 12.9. The predicted molar refractivity (Wildman–Crippen MR) is 80.5 cm³/mol. The van der Waals surface area contributed by atoms with Gasteiger partial charge in [-0.05, 0) is 76.7 Å². The van der Waals surface area contributed by atoms with Gasteiger partial charge >= 0.3 is 0 Å². The first-order valence-electron chi connectivity index (χ1n) is 8.36. The second-order valence-corrected chi connectivity index (χ2v) is 7.55. The maximum atomic E-state index is 4.95. The Morgan fingerprint density at radius 2 is 1.65 bits per heavy atom. The second kappa shape index (κ2) is 4.59. The third-order valence-corrected chi connectivity index (χ3v) is 6.29. The Labute approximate surface area is 122 Å². The van der Waals surface area contributed by atoms with E-state index in [0.717, 1.165) is 30.2 Å². The van der Waals surface area contributed by atoms with Crippen molar-refractivity contribution in [3.63, 3.8) is 0 Å². The van der Waals surface area contributed by atoms with Crippen molar-refractivity contribution >= 4 is 0 Å². The molecule has 0 spiro atoms. The number of hydrogen-bond donors (Lipinski definition) is 1. The highest BCUT2D eigenvalue weighted by atomic mass is 15.3. The third-order valence-electron chi connectivity index (χ3n) is 6.29. The molecule has 4 fully saturated rings. The number of aromatic nitrogens is 2. The first-order valence-corrected chi connectivity index (χ1v) is 8.36. The average Bonchev–Trinajstić information content (AvgIpc) is 2.66. The van der Waals surface area contributed by atoms with Gasteiger partial charge in [0.25, 0.3) is 0 Å². The molecule has 1 aromatic heterocycles. The molecule has 110 valence electrons. The Bertz CT molecular complexity index is 489. The molecule has 4 saturated carbocycles. The lowest BCUT2D eigenvalue weighted by molar-refractivity contribution is -0.0344. The van der Waals surface area contributed by atoms with Crippen molar-refractivity contribution in [1.29, 1.82) is 0 Å². The molecule has 0 unspecified atom stereocenters. The van der Waals surface area contributed by atoms with E-state index in [1.807, 2.05) is 7.05 Å². The summed E-state index contributed by atoms with van der Waals surface area (Å²) < 4.78 is 2.43. The molecule has 3 heteroatoms. The van der Waals surface area contributed by atoms with E-state index in [1.54, 1.807) is 0 Å². The Morgan fingerprint density at radius 3 is 2.20 bits per heavy atom. The fourth-order valence-electron chi connectivity index (χ4n) is 5.72. The van der Waals surface area contributed by atoms with E-state index in [1.165, 1.54) is 49.1 Å². The third kappa shape index (κ3) is 1.78. The number of nitrogens with one attached hydrogen (secondary N) is 1. The summed E-state index contributed by atoms with van der Waals surface area (Å²) in [5.74, 6) is 3.91. The van der Waals surface area contributed by atoms with E-state index in [4.69, 9.17) is 5.10 Å². The summed E-state index contributed by atoms with van der Waals surface area (Å²) in [7, 11) is 2.03. The molecule has 0 amide bonds. The fraction of sp³-hybridized carbons (Fsp3) is 0.824. The van der Waals surface area contributed by atoms with Crippen LogP contribution >= 0.6 is 0 Å². The summed E-state index contributed by atoms with van der Waals surface area (Å²) in [6.45, 7) is 5.40. The summed E-state index contributed by atoms with van der Waals surface area (Å²) >= 11 is 0. The van der Waals surface area contributed by atoms with E-state index < -0.39 is 0 Å². The van der Waals surface area contributed by atoms with Gasteiger partial charge in [0.2, 0.25) is 0 Å². The van der Waals surface area contributed by atoms with Gasteiger partial charge in [0, 0.05) is 17.8 Å². The van der Waals surface area contributed by atoms with E-state index in [9.17, 15) is 0 Å². The van der Waals surface area contributed by atoms with Crippen LogP contribution in [0.5, 0.6) is 0 Å². The molecule has 4 aliphatic rings. The van der Waals surface area contributed by atoms with Gasteiger partial charge in [0.1, 0.15) is 0 Å². The standard InChI is InChI=1S/C17H27N3/c1-10-16(9-18-3)11(2)20(19-10)17-14-5-12-4-13(7-14)8-15(17)6-12/h12-15,17-18H,4-9H2,1-3H3. The molecular weight excluding hydrogens is 246 g/mol. The van der Waals surface area contributed by atoms with Crippen molar-refractivity contribution in [3.05, 3.63) is 17.0 Å². The highest BCUT2D eigenvalue weighted by Gasteiger charge is 2.49. The van der Waals surface area contributed by atoms with Gasteiger partial charge in [0.15, 0.2) is 0 Å². The molecule has 1 heterocycles. The molecule has 4 bridgehead atoms. The minimum Gasteiger partial charge on any atom is -0.316 e. The molecule has 3 nitrogen and oxygen atoms in total. The van der Waals surface area contributed by atoms with Gasteiger partial charge in [0.05, 0.1) is 11.7 Å². The van der Waals surface area contributed by atoms with Crippen LogP contribution < -0.4 is 5.32 Å². The molecule has 0 atom stereocenters. The van der Waals surface area contributed by atoms with Gasteiger partial charge in [-0.3, -0.25) is 4.68 Å². The van der Waals surface area contributed by atoms with E-state index in [-0.39, 0.29) is 0 Å². The van der Waals surface area contributed by atoms with Crippen LogP contribution in [-0.4, -0.2) is 16.8 Å². The lowest BCUT2D eigenvalue weighted by atomic mass is 9.54. The van der Waals surface area contributed by atoms with Crippen LogP contribution in [0.1, 0.15) is 55.1 Å². The lowest BCUT2D eigenvalue weighted by Gasteiger charge is -2.54. The van der Waals surface area contributed by atoms with Gasteiger partial charge in [-0.2, -0.15) is 5.10 Å². The van der Waals surface area contributed by atoms with Crippen LogP contribution in [0.15, 0.2) is 0 Å². The number of rotatable bonds is 3. The zero-order chi connectivity index (χ0) is 13.9. The molecule has 0 aromatic carbocycles. The van der Waals surface area contributed by atoms with E-state index in [2.05, 4.69) is 23.8 Å². The van der Waals surface area contributed by atoms with Gasteiger partial charge < -0.3 is 5.32 Å². The predicted octanol–water partition coefficient (Wildman–Crippen LogP) is 3.22. The van der Waals surface area contributed by atoms with Gasteiger partial charge in [-0.1, -0.05) is 0 Å². The van der Waals surface area contributed by atoms with Gasteiger partial charge in [-0.25, -0.2) is 0 Å². The van der Waals surface area contributed by atoms with Crippen molar-refractivity contribution in [1.82, 2.24) is 15.1 Å². The summed E-state index contributed by atoms with van der Waals surface area (Å²) in [4.78, 5) is 0. The molecule has 0 saturated heterocycles. The molecule has 5 rings (SSSR count). The first-order chi connectivity index (χ1) is 9.67. The minimum absolute atomic E-state index is 0.701. The smallest absolute Gasteiger partial charge is 0.0641 e. The van der Waals surface area contributed by atoms with E-state index in [0.29, 0.717) is 6.04 Å². The molecule has 0 radical (unpaired) electrons. The zero-order valence-corrected chi connectivity index (χ0v) is 13.0. The number of nitrogens with zero attached hydrogens (tertiary/aromatic N) is 2. The van der Waals surface area contributed by atoms with Crippen molar-refractivity contribution in [2.45, 2.75) is 58.5 Å². The summed E-state index contributed by atoms with van der Waals surface area (Å²) in [5, 5.41) is 8.24. The highest BCUT2D eigenvalue weighted by molar-refractivity contribution is 5.25. The molecular formula is C17H27N3. The Morgan fingerprint density at radius 1 is 1.05 bits per heavy atom. The SMILES string of the molecule is CNCc1c(C)nn(C2C3CC4CC(C3)CC2C4)c1C. The second-order valence-electron chi connectivity index (χ2n) is 7.55. The van der Waals surface area contributed by atoms with Crippen molar-refractivity contribution in [2.24, 2.45) is 23.7 Å². The topological polar surface area (TPSA) is 29.9 Å². The number of aryl methyl sites for hydroxylation is 1. The fourth-order valence-corrected chi connectivity index (χ4v) is 5.72. The van der Waals surface area contributed by atoms with Crippen LogP contribution in [0, 0.1) is 37.5 Å². The van der Waals surface area contributed by atoms with E-state index >= 15 is 0 Å². The van der Waals surface area contributed by atoms with Crippen LogP contribution in [-0.2, 0) is 6.54 Å². The average molecular weight is 273 g/mol. The minimum atomic E-state index is 0.701. The van der Waals surface area contributed by atoms with Crippen molar-refractivity contribution in [2.75, 3.05) is 7.05 Å². The Kier molecular flexibility index (Phi) is 2.95. The van der Waals surface area contributed by atoms with Crippen molar-refractivity contribution in [3.8, 4) is 0 Å². The Balaban J connectivity index is 1.69. The largest absolute Gasteiger partial charge is 0.316 e.